The third kappa shape index (κ3) is 6.12. The number of amides is 2. The molecule has 1 unspecified atom stereocenters. The maximum atomic E-state index is 13.5. The van der Waals surface area contributed by atoms with E-state index in [2.05, 4.69) is 10.6 Å². The van der Waals surface area contributed by atoms with E-state index in [0.717, 1.165) is 22.3 Å². The molecule has 0 bridgehead atoms. The number of hydrogen-bond acceptors (Lipinski definition) is 4. The van der Waals surface area contributed by atoms with E-state index in [1.54, 1.807) is 0 Å². The fourth-order valence-corrected chi connectivity index (χ4v) is 4.45. The number of carbonyl (C=O) groups is 2. The minimum absolute atomic E-state index is 0.242. The van der Waals surface area contributed by atoms with Crippen molar-refractivity contribution >= 4 is 11.8 Å². The molecule has 6 heteroatoms. The third-order valence-electron chi connectivity index (χ3n) is 6.35. The van der Waals surface area contributed by atoms with Gasteiger partial charge in [0.05, 0.1) is 0 Å². The van der Waals surface area contributed by atoms with Crippen molar-refractivity contribution in [3.8, 4) is 0 Å². The number of carbonyl (C=O) groups excluding carboxylic acids is 2. The summed E-state index contributed by atoms with van der Waals surface area (Å²) < 4.78 is 0. The fraction of sp³-hybridized carbons (Fsp3) is 0.161. The fourth-order valence-electron chi connectivity index (χ4n) is 4.45. The van der Waals surface area contributed by atoms with Gasteiger partial charge in [0.1, 0.15) is 11.6 Å². The highest BCUT2D eigenvalue weighted by Gasteiger charge is 2.38. The highest BCUT2D eigenvalue weighted by Crippen LogP contribution is 2.36. The Morgan fingerprint density at radius 3 is 1.54 bits per heavy atom. The number of rotatable bonds is 10. The Morgan fingerprint density at radius 2 is 1.11 bits per heavy atom. The minimum atomic E-state index is -1.53. The molecule has 2 atom stereocenters. The van der Waals surface area contributed by atoms with Gasteiger partial charge in [-0.15, -0.1) is 0 Å². The van der Waals surface area contributed by atoms with Crippen LogP contribution in [-0.4, -0.2) is 29.1 Å². The molecule has 0 aliphatic rings. The van der Waals surface area contributed by atoms with Gasteiger partial charge in [0, 0.05) is 19.0 Å². The van der Waals surface area contributed by atoms with Crippen LogP contribution in [0.4, 0.5) is 0 Å². The Balaban J connectivity index is 1.56. The number of aliphatic hydroxyl groups excluding tert-OH is 1. The maximum absolute atomic E-state index is 13.5. The van der Waals surface area contributed by atoms with Crippen LogP contribution in [0.1, 0.15) is 28.7 Å². The third-order valence-corrected chi connectivity index (χ3v) is 6.35. The van der Waals surface area contributed by atoms with E-state index in [1.165, 1.54) is 0 Å². The summed E-state index contributed by atoms with van der Waals surface area (Å²) in [5.74, 6) is -1.01. The first-order chi connectivity index (χ1) is 18.0. The molecular formula is C31H31N3O3. The van der Waals surface area contributed by atoms with Crippen LogP contribution in [0.5, 0.6) is 0 Å². The Bertz CT molecular complexity index is 1190. The van der Waals surface area contributed by atoms with E-state index in [0.29, 0.717) is 0 Å². The first-order valence-electron chi connectivity index (χ1n) is 12.2. The monoisotopic (exact) mass is 493 g/mol. The van der Waals surface area contributed by atoms with Gasteiger partial charge >= 0.3 is 0 Å². The second kappa shape index (κ2) is 12.1. The van der Waals surface area contributed by atoms with Gasteiger partial charge in [0.15, 0.2) is 0 Å². The van der Waals surface area contributed by atoms with Gasteiger partial charge in [-0.25, -0.2) is 0 Å². The molecule has 2 amide bonds. The molecule has 4 aromatic rings. The smallest absolute Gasteiger partial charge is 0.250 e. The van der Waals surface area contributed by atoms with Gasteiger partial charge in [-0.1, -0.05) is 121 Å². The molecule has 0 saturated carbocycles. The normalized spacial score (nSPS) is 12.8. The summed E-state index contributed by atoms with van der Waals surface area (Å²) in [4.78, 5) is 26.0. The molecule has 188 valence electrons. The Hall–Kier alpha value is -4.26. The predicted molar refractivity (Wildman–Crippen MR) is 144 cm³/mol. The van der Waals surface area contributed by atoms with Gasteiger partial charge in [-0.2, -0.15) is 0 Å². The zero-order valence-corrected chi connectivity index (χ0v) is 20.5. The minimum Gasteiger partial charge on any atom is -0.382 e. The lowest BCUT2D eigenvalue weighted by molar-refractivity contribution is -0.131. The molecule has 6 nitrogen and oxygen atoms in total. The lowest BCUT2D eigenvalue weighted by Crippen LogP contribution is -2.52. The van der Waals surface area contributed by atoms with Crippen molar-refractivity contribution in [2.24, 2.45) is 5.73 Å². The summed E-state index contributed by atoms with van der Waals surface area (Å²) in [6.45, 7) is 0.259. The topological polar surface area (TPSA) is 104 Å². The summed E-state index contributed by atoms with van der Waals surface area (Å²) in [6.07, 6.45) is -1.78. The zero-order valence-electron chi connectivity index (χ0n) is 20.5. The van der Waals surface area contributed by atoms with Crippen molar-refractivity contribution in [3.63, 3.8) is 0 Å². The SMILES string of the molecule is N[C@@H](CC(=O)NC(c1ccccc1)(c1ccccc1)c1ccccc1)C(O)C(=O)NCc1ccccc1. The van der Waals surface area contributed by atoms with E-state index >= 15 is 0 Å². The molecule has 4 aromatic carbocycles. The van der Waals surface area contributed by atoms with Crippen molar-refractivity contribution in [1.82, 2.24) is 10.6 Å². The molecule has 0 saturated heterocycles. The molecule has 0 spiro atoms. The molecule has 4 rings (SSSR count). The van der Waals surface area contributed by atoms with Gasteiger partial charge in [-0.3, -0.25) is 9.59 Å². The standard InChI is InChI=1S/C31H31N3O3/c32-27(29(36)30(37)33-22-23-13-5-1-6-14-23)21-28(35)34-31(24-15-7-2-8-16-24,25-17-9-3-10-18-25)26-19-11-4-12-20-26/h1-20,27,29,36H,21-22,32H2,(H,33,37)(H,34,35)/t27-,29?/m0/s1. The van der Waals surface area contributed by atoms with Crippen LogP contribution in [-0.2, 0) is 21.7 Å². The Morgan fingerprint density at radius 1 is 0.703 bits per heavy atom. The largest absolute Gasteiger partial charge is 0.382 e. The molecule has 0 aliphatic heterocycles. The second-order valence-corrected chi connectivity index (χ2v) is 8.91. The second-order valence-electron chi connectivity index (χ2n) is 8.91. The molecule has 0 aromatic heterocycles. The van der Waals surface area contributed by atoms with Crippen molar-refractivity contribution in [1.29, 1.82) is 0 Å². The maximum Gasteiger partial charge on any atom is 0.250 e. The number of aliphatic hydroxyl groups is 1. The quantitative estimate of drug-likeness (QED) is 0.254. The molecule has 0 aliphatic carbocycles. The first-order valence-corrected chi connectivity index (χ1v) is 12.2. The van der Waals surface area contributed by atoms with Gasteiger partial charge < -0.3 is 21.5 Å². The number of hydrogen-bond donors (Lipinski definition) is 4. The number of benzene rings is 4. The average Bonchev–Trinajstić information content (AvgIpc) is 2.96. The van der Waals surface area contributed by atoms with Gasteiger partial charge in [-0.05, 0) is 22.3 Å². The van der Waals surface area contributed by atoms with Crippen LogP contribution in [0.15, 0.2) is 121 Å². The summed E-state index contributed by atoms with van der Waals surface area (Å²) in [5.41, 5.74) is 8.66. The molecular weight excluding hydrogens is 462 g/mol. The van der Waals surface area contributed by atoms with Crippen LogP contribution < -0.4 is 16.4 Å². The van der Waals surface area contributed by atoms with Gasteiger partial charge in [0.25, 0.3) is 5.91 Å². The lowest BCUT2D eigenvalue weighted by atomic mass is 9.77. The Kier molecular flexibility index (Phi) is 8.46. The molecule has 5 N–H and O–H groups in total. The van der Waals surface area contributed by atoms with Crippen molar-refractivity contribution in [2.75, 3.05) is 0 Å². The van der Waals surface area contributed by atoms with E-state index in [4.69, 9.17) is 5.73 Å². The first kappa shape index (κ1) is 25.8. The van der Waals surface area contributed by atoms with Crippen LogP contribution >= 0.6 is 0 Å². The van der Waals surface area contributed by atoms with Crippen LogP contribution in [0, 0.1) is 0 Å². The zero-order chi connectivity index (χ0) is 26.1. The molecule has 0 fully saturated rings. The average molecular weight is 494 g/mol. The van der Waals surface area contributed by atoms with Crippen molar-refractivity contribution in [3.05, 3.63) is 144 Å². The van der Waals surface area contributed by atoms with E-state index in [-0.39, 0.29) is 18.9 Å². The number of nitrogens with one attached hydrogen (secondary N) is 2. The summed E-state index contributed by atoms with van der Waals surface area (Å²) in [7, 11) is 0. The summed E-state index contributed by atoms with van der Waals surface area (Å²) >= 11 is 0. The lowest BCUT2D eigenvalue weighted by Gasteiger charge is -2.37. The highest BCUT2D eigenvalue weighted by atomic mass is 16.3. The van der Waals surface area contributed by atoms with Crippen LogP contribution in [0.25, 0.3) is 0 Å². The van der Waals surface area contributed by atoms with E-state index in [9.17, 15) is 14.7 Å². The number of nitrogens with two attached hydrogens (primary N) is 1. The molecule has 37 heavy (non-hydrogen) atoms. The van der Waals surface area contributed by atoms with Gasteiger partial charge in [0.2, 0.25) is 5.91 Å². The van der Waals surface area contributed by atoms with Crippen LogP contribution in [0.3, 0.4) is 0 Å². The predicted octanol–water partition coefficient (Wildman–Crippen LogP) is 3.49. The van der Waals surface area contributed by atoms with Crippen molar-refractivity contribution < 1.29 is 14.7 Å². The molecule has 0 radical (unpaired) electrons. The molecule has 0 heterocycles. The van der Waals surface area contributed by atoms with Crippen LogP contribution in [0.2, 0.25) is 0 Å². The van der Waals surface area contributed by atoms with Crippen molar-refractivity contribution in [2.45, 2.75) is 30.7 Å². The Labute approximate surface area is 217 Å². The van der Waals surface area contributed by atoms with E-state index < -0.39 is 23.6 Å². The van der Waals surface area contributed by atoms with E-state index in [1.807, 2.05) is 121 Å². The summed E-state index contributed by atoms with van der Waals surface area (Å²) in [5, 5.41) is 16.4. The highest BCUT2D eigenvalue weighted by molar-refractivity contribution is 5.84. The summed E-state index contributed by atoms with van der Waals surface area (Å²) in [6, 6.07) is 37.4.